The Kier molecular flexibility index (Phi) is 9.72. The van der Waals surface area contributed by atoms with Gasteiger partial charge in [0.15, 0.2) is 11.5 Å². The molecule has 0 saturated carbocycles. The number of methoxy groups -OCH3 is 3. The summed E-state index contributed by atoms with van der Waals surface area (Å²) in [6, 6.07) is 27.5. The highest BCUT2D eigenvalue weighted by Gasteiger charge is 2.28. The van der Waals surface area contributed by atoms with Crippen LogP contribution in [0.3, 0.4) is 0 Å². The third-order valence-corrected chi connectivity index (χ3v) is 9.02. The van der Waals surface area contributed by atoms with Gasteiger partial charge < -0.3 is 14.2 Å². The van der Waals surface area contributed by atoms with Gasteiger partial charge in [0.05, 0.1) is 44.2 Å². The lowest BCUT2D eigenvalue weighted by molar-refractivity contribution is -0.116. The summed E-state index contributed by atoms with van der Waals surface area (Å²) in [5, 5.41) is 3.40. The number of amides is 1. The zero-order chi connectivity index (χ0) is 32.0. The van der Waals surface area contributed by atoms with Crippen LogP contribution < -0.4 is 19.5 Å². The maximum Gasteiger partial charge on any atom is 0.243 e. The Bertz CT molecular complexity index is 1880. The number of carbonyl (C=O) groups is 1. The number of halogens is 1. The molecule has 0 unspecified atom stereocenters. The van der Waals surface area contributed by atoms with Gasteiger partial charge in [0.25, 0.3) is 0 Å². The van der Waals surface area contributed by atoms with Gasteiger partial charge in [0, 0.05) is 29.4 Å². The molecule has 5 aromatic rings. The molecule has 0 aliphatic rings. The van der Waals surface area contributed by atoms with Crippen LogP contribution in [0.15, 0.2) is 108 Å². The standard InChI is InChI=1S/C33H31ClN4O6S/c1-42-27-14-16-28(17-15-27)45(40,41)37(20-23-7-5-4-6-8-23)22-32(39)36-33-35-29(24-9-11-25(34)12-10-24)21-38(33)26-13-18-30(43-2)31(19-26)44-3/h4-19,21H,20,22H2,1-3H3,(H,35,36,39). The summed E-state index contributed by atoms with van der Waals surface area (Å²) in [5.74, 6) is 1.12. The molecule has 10 nitrogen and oxygen atoms in total. The van der Waals surface area contributed by atoms with Gasteiger partial charge in [0.1, 0.15) is 5.75 Å². The zero-order valence-corrected chi connectivity index (χ0v) is 26.4. The zero-order valence-electron chi connectivity index (χ0n) is 24.8. The molecule has 0 aliphatic heterocycles. The molecule has 0 bridgehead atoms. The summed E-state index contributed by atoms with van der Waals surface area (Å²) >= 11 is 6.10. The van der Waals surface area contributed by atoms with E-state index >= 15 is 0 Å². The molecule has 1 amide bonds. The highest BCUT2D eigenvalue weighted by Crippen LogP contribution is 2.32. The van der Waals surface area contributed by atoms with Gasteiger partial charge in [-0.3, -0.25) is 14.7 Å². The number of hydrogen-bond acceptors (Lipinski definition) is 7. The molecule has 45 heavy (non-hydrogen) atoms. The minimum Gasteiger partial charge on any atom is -0.497 e. The van der Waals surface area contributed by atoms with E-state index in [1.807, 2.05) is 30.3 Å². The minimum absolute atomic E-state index is 0.0250. The predicted octanol–water partition coefficient (Wildman–Crippen LogP) is 6.05. The van der Waals surface area contributed by atoms with E-state index in [4.69, 9.17) is 25.8 Å². The maximum absolute atomic E-state index is 13.8. The third-order valence-electron chi connectivity index (χ3n) is 6.96. The number of nitrogens with zero attached hydrogens (tertiary/aromatic N) is 3. The molecular formula is C33H31ClN4O6S. The van der Waals surface area contributed by atoms with Crippen LogP contribution in [0.2, 0.25) is 5.02 Å². The Balaban J connectivity index is 1.50. The number of ether oxygens (including phenoxy) is 3. The second kappa shape index (κ2) is 13.9. The van der Waals surface area contributed by atoms with Crippen LogP contribution in [0.25, 0.3) is 16.9 Å². The Hall–Kier alpha value is -4.84. The number of nitrogens with one attached hydrogen (secondary N) is 1. The fraction of sp³-hybridized carbons (Fsp3) is 0.152. The van der Waals surface area contributed by atoms with E-state index in [0.717, 1.165) is 15.4 Å². The number of imidazole rings is 1. The van der Waals surface area contributed by atoms with Crippen molar-refractivity contribution in [3.05, 3.63) is 114 Å². The van der Waals surface area contributed by atoms with E-state index in [0.29, 0.717) is 33.7 Å². The van der Waals surface area contributed by atoms with Crippen LogP contribution in [0.4, 0.5) is 5.95 Å². The van der Waals surface area contributed by atoms with Crippen molar-refractivity contribution >= 4 is 33.5 Å². The first-order valence-corrected chi connectivity index (χ1v) is 15.6. The normalized spacial score (nSPS) is 11.3. The van der Waals surface area contributed by atoms with Gasteiger partial charge in [-0.15, -0.1) is 0 Å². The van der Waals surface area contributed by atoms with Crippen molar-refractivity contribution in [3.63, 3.8) is 0 Å². The second-order valence-electron chi connectivity index (χ2n) is 9.85. The van der Waals surface area contributed by atoms with E-state index in [-0.39, 0.29) is 17.4 Å². The molecule has 0 radical (unpaired) electrons. The number of hydrogen-bond donors (Lipinski definition) is 1. The number of aromatic nitrogens is 2. The van der Waals surface area contributed by atoms with Crippen LogP contribution in [-0.4, -0.2) is 56.1 Å². The van der Waals surface area contributed by atoms with Crippen molar-refractivity contribution in [1.29, 1.82) is 0 Å². The van der Waals surface area contributed by atoms with Gasteiger partial charge in [0.2, 0.25) is 21.9 Å². The predicted molar refractivity (Wildman–Crippen MR) is 173 cm³/mol. The summed E-state index contributed by atoms with van der Waals surface area (Å²) < 4.78 is 46.5. The van der Waals surface area contributed by atoms with Crippen molar-refractivity contribution < 1.29 is 27.4 Å². The lowest BCUT2D eigenvalue weighted by atomic mass is 10.2. The van der Waals surface area contributed by atoms with Gasteiger partial charge in [-0.05, 0) is 54.1 Å². The molecule has 1 aromatic heterocycles. The molecule has 0 saturated heterocycles. The van der Waals surface area contributed by atoms with Gasteiger partial charge in [-0.2, -0.15) is 4.31 Å². The number of carbonyl (C=O) groups excluding carboxylic acids is 1. The summed E-state index contributed by atoms with van der Waals surface area (Å²) in [7, 11) is 0.486. The van der Waals surface area contributed by atoms with Gasteiger partial charge in [-0.25, -0.2) is 13.4 Å². The van der Waals surface area contributed by atoms with Gasteiger partial charge in [-0.1, -0.05) is 54.1 Å². The Labute approximate surface area is 266 Å². The van der Waals surface area contributed by atoms with Crippen LogP contribution >= 0.6 is 11.6 Å². The average Bonchev–Trinajstić information content (AvgIpc) is 3.48. The molecule has 12 heteroatoms. The fourth-order valence-electron chi connectivity index (χ4n) is 4.63. The van der Waals surface area contributed by atoms with Gasteiger partial charge >= 0.3 is 0 Å². The van der Waals surface area contributed by atoms with E-state index in [2.05, 4.69) is 10.3 Å². The van der Waals surface area contributed by atoms with E-state index in [1.54, 1.807) is 72.5 Å². The molecule has 0 aliphatic carbocycles. The van der Waals surface area contributed by atoms with E-state index < -0.39 is 22.5 Å². The first kappa shape index (κ1) is 31.6. The lowest BCUT2D eigenvalue weighted by Gasteiger charge is -2.22. The number of rotatable bonds is 12. The van der Waals surface area contributed by atoms with Crippen LogP contribution in [0, 0.1) is 0 Å². The quantitative estimate of drug-likeness (QED) is 0.176. The van der Waals surface area contributed by atoms with E-state index in [1.165, 1.54) is 26.4 Å². The molecule has 0 spiro atoms. The number of anilines is 1. The highest BCUT2D eigenvalue weighted by atomic mass is 35.5. The van der Waals surface area contributed by atoms with Crippen molar-refractivity contribution in [2.45, 2.75) is 11.4 Å². The summed E-state index contributed by atoms with van der Waals surface area (Å²) in [4.78, 5) is 18.4. The molecule has 4 aromatic carbocycles. The average molecular weight is 647 g/mol. The Morgan fingerprint density at radius 1 is 0.867 bits per heavy atom. The Morgan fingerprint density at radius 2 is 1.56 bits per heavy atom. The molecule has 5 rings (SSSR count). The largest absolute Gasteiger partial charge is 0.497 e. The second-order valence-corrected chi connectivity index (χ2v) is 12.2. The summed E-state index contributed by atoms with van der Waals surface area (Å²) in [6.45, 7) is -0.499. The molecule has 232 valence electrons. The van der Waals surface area contributed by atoms with E-state index in [9.17, 15) is 13.2 Å². The first-order valence-electron chi connectivity index (χ1n) is 13.8. The minimum atomic E-state index is -4.09. The smallest absolute Gasteiger partial charge is 0.243 e. The van der Waals surface area contributed by atoms with Crippen LogP contribution in [0.1, 0.15) is 5.56 Å². The van der Waals surface area contributed by atoms with Crippen molar-refractivity contribution in [1.82, 2.24) is 13.9 Å². The van der Waals surface area contributed by atoms with Crippen LogP contribution in [-0.2, 0) is 21.4 Å². The summed E-state index contributed by atoms with van der Waals surface area (Å²) in [5.41, 5.74) is 2.67. The van der Waals surface area contributed by atoms with Crippen LogP contribution in [0.5, 0.6) is 17.2 Å². The van der Waals surface area contributed by atoms with Crippen molar-refractivity contribution in [3.8, 4) is 34.2 Å². The maximum atomic E-state index is 13.8. The molecule has 0 fully saturated rings. The third kappa shape index (κ3) is 7.28. The number of benzene rings is 4. The molecular weight excluding hydrogens is 616 g/mol. The summed E-state index contributed by atoms with van der Waals surface area (Å²) in [6.07, 6.45) is 1.76. The fourth-order valence-corrected chi connectivity index (χ4v) is 6.14. The van der Waals surface area contributed by atoms with Crippen molar-refractivity contribution in [2.24, 2.45) is 0 Å². The number of sulfonamides is 1. The molecule has 1 heterocycles. The molecule has 1 N–H and O–H groups in total. The Morgan fingerprint density at radius 3 is 2.20 bits per heavy atom. The monoisotopic (exact) mass is 646 g/mol. The lowest BCUT2D eigenvalue weighted by Crippen LogP contribution is -2.38. The topological polar surface area (TPSA) is 112 Å². The highest BCUT2D eigenvalue weighted by molar-refractivity contribution is 7.89. The van der Waals surface area contributed by atoms with Crippen molar-refractivity contribution in [2.75, 3.05) is 33.2 Å². The molecule has 0 atom stereocenters. The first-order chi connectivity index (χ1) is 21.7. The SMILES string of the molecule is COc1ccc(S(=O)(=O)N(CC(=O)Nc2nc(-c3ccc(Cl)cc3)cn2-c2ccc(OC)c(OC)c2)Cc2ccccc2)cc1.